The van der Waals surface area contributed by atoms with Crippen molar-refractivity contribution < 1.29 is 14.3 Å². The van der Waals surface area contributed by atoms with Crippen molar-refractivity contribution in [3.8, 4) is 11.5 Å². The summed E-state index contributed by atoms with van der Waals surface area (Å²) in [6.07, 6.45) is 0.859. The minimum atomic E-state index is -0.236. The van der Waals surface area contributed by atoms with E-state index in [0.29, 0.717) is 28.1 Å². The fourth-order valence-electron chi connectivity index (χ4n) is 1.94. The van der Waals surface area contributed by atoms with Gasteiger partial charge in [-0.25, -0.2) is 0 Å². The number of anilines is 1. The highest BCUT2D eigenvalue weighted by Crippen LogP contribution is 2.32. The maximum atomic E-state index is 12.2. The summed E-state index contributed by atoms with van der Waals surface area (Å²) in [5, 5.41) is 12.2. The van der Waals surface area contributed by atoms with Crippen LogP contribution in [0.1, 0.15) is 29.2 Å². The lowest BCUT2D eigenvalue weighted by Crippen LogP contribution is -2.11. The molecule has 0 saturated carbocycles. The largest absolute Gasteiger partial charge is 0.454 e. The molecule has 3 rings (SSSR count). The highest BCUT2D eigenvalue weighted by molar-refractivity contribution is 7.15. The summed E-state index contributed by atoms with van der Waals surface area (Å²) in [4.78, 5) is 12.2. The smallest absolute Gasteiger partial charge is 0.257 e. The molecular formula is C14H15N3O3S. The van der Waals surface area contributed by atoms with Gasteiger partial charge in [0.1, 0.15) is 5.01 Å². The van der Waals surface area contributed by atoms with Crippen molar-refractivity contribution in [1.29, 1.82) is 0 Å². The van der Waals surface area contributed by atoms with Crippen LogP contribution in [0.2, 0.25) is 0 Å². The van der Waals surface area contributed by atoms with Gasteiger partial charge in [-0.1, -0.05) is 25.2 Å². The van der Waals surface area contributed by atoms with Crippen molar-refractivity contribution in [2.75, 3.05) is 12.1 Å². The monoisotopic (exact) mass is 305 g/mol. The van der Waals surface area contributed by atoms with Crippen molar-refractivity contribution in [3.63, 3.8) is 0 Å². The number of amides is 1. The number of benzene rings is 1. The molecule has 0 bridgehead atoms. The zero-order valence-corrected chi connectivity index (χ0v) is 12.6. The Morgan fingerprint density at radius 2 is 2.14 bits per heavy atom. The normalized spacial score (nSPS) is 12.7. The van der Waals surface area contributed by atoms with Crippen molar-refractivity contribution in [2.45, 2.75) is 20.3 Å². The zero-order valence-electron chi connectivity index (χ0n) is 11.8. The summed E-state index contributed by atoms with van der Waals surface area (Å²) >= 11 is 1.40. The minimum absolute atomic E-state index is 0.190. The molecule has 0 saturated heterocycles. The van der Waals surface area contributed by atoms with E-state index in [1.165, 1.54) is 11.3 Å². The van der Waals surface area contributed by atoms with E-state index in [1.54, 1.807) is 18.2 Å². The zero-order chi connectivity index (χ0) is 14.8. The molecular weight excluding hydrogens is 290 g/mol. The second-order valence-corrected chi connectivity index (χ2v) is 6.18. The molecule has 1 aliphatic heterocycles. The van der Waals surface area contributed by atoms with Crippen molar-refractivity contribution in [1.82, 2.24) is 10.2 Å². The molecule has 2 heterocycles. The molecule has 6 nitrogen and oxygen atoms in total. The van der Waals surface area contributed by atoms with Gasteiger partial charge < -0.3 is 9.47 Å². The van der Waals surface area contributed by atoms with Crippen LogP contribution >= 0.6 is 11.3 Å². The lowest BCUT2D eigenvalue weighted by molar-refractivity contribution is 0.102. The Kier molecular flexibility index (Phi) is 3.74. The van der Waals surface area contributed by atoms with Gasteiger partial charge in [0.2, 0.25) is 11.9 Å². The van der Waals surface area contributed by atoms with E-state index in [-0.39, 0.29) is 12.7 Å². The number of fused-ring (bicyclic) bond motifs is 1. The average molecular weight is 305 g/mol. The van der Waals surface area contributed by atoms with Gasteiger partial charge in [0.05, 0.1) is 0 Å². The number of aromatic nitrogens is 2. The highest BCUT2D eigenvalue weighted by Gasteiger charge is 2.17. The van der Waals surface area contributed by atoms with Gasteiger partial charge >= 0.3 is 0 Å². The third-order valence-electron chi connectivity index (χ3n) is 2.90. The van der Waals surface area contributed by atoms with Gasteiger partial charge in [0, 0.05) is 12.0 Å². The predicted molar refractivity (Wildman–Crippen MR) is 79.0 cm³/mol. The van der Waals surface area contributed by atoms with Gasteiger partial charge in [-0.15, -0.1) is 10.2 Å². The quantitative estimate of drug-likeness (QED) is 0.940. The lowest BCUT2D eigenvalue weighted by Gasteiger charge is -2.02. The number of hydrogen-bond acceptors (Lipinski definition) is 6. The first-order valence-corrected chi connectivity index (χ1v) is 7.47. The predicted octanol–water partition coefficient (Wildman–Crippen LogP) is 2.72. The van der Waals surface area contributed by atoms with E-state index in [1.807, 2.05) is 0 Å². The standard InChI is InChI=1S/C14H15N3O3S/c1-8(2)5-12-16-17-14(21-12)15-13(18)9-3-4-10-11(6-9)20-7-19-10/h3-4,6,8H,5,7H2,1-2H3,(H,15,17,18). The topological polar surface area (TPSA) is 73.3 Å². The fourth-order valence-corrected chi connectivity index (χ4v) is 2.89. The Labute approximate surface area is 126 Å². The van der Waals surface area contributed by atoms with Gasteiger partial charge in [-0.05, 0) is 24.1 Å². The second kappa shape index (κ2) is 5.69. The van der Waals surface area contributed by atoms with Crippen LogP contribution in [0.4, 0.5) is 5.13 Å². The van der Waals surface area contributed by atoms with Crippen molar-refractivity contribution >= 4 is 22.4 Å². The van der Waals surface area contributed by atoms with E-state index in [4.69, 9.17) is 9.47 Å². The summed E-state index contributed by atoms with van der Waals surface area (Å²) in [6.45, 7) is 4.42. The summed E-state index contributed by atoms with van der Waals surface area (Å²) in [5.74, 6) is 1.51. The van der Waals surface area contributed by atoms with Crippen molar-refractivity contribution in [2.24, 2.45) is 5.92 Å². The Morgan fingerprint density at radius 3 is 2.95 bits per heavy atom. The number of ether oxygens (including phenoxy) is 2. The molecule has 1 N–H and O–H groups in total. The molecule has 0 spiro atoms. The summed E-state index contributed by atoms with van der Waals surface area (Å²) < 4.78 is 10.5. The number of carbonyl (C=O) groups excluding carboxylic acids is 1. The molecule has 0 unspecified atom stereocenters. The van der Waals surface area contributed by atoms with E-state index in [0.717, 1.165) is 11.4 Å². The van der Waals surface area contributed by atoms with Crippen LogP contribution in [-0.4, -0.2) is 22.9 Å². The molecule has 0 fully saturated rings. The molecule has 7 heteroatoms. The number of nitrogens with one attached hydrogen (secondary N) is 1. The van der Waals surface area contributed by atoms with Crippen LogP contribution in [0.15, 0.2) is 18.2 Å². The molecule has 0 atom stereocenters. The van der Waals surface area contributed by atoms with Crippen LogP contribution in [-0.2, 0) is 6.42 Å². The van der Waals surface area contributed by atoms with E-state index >= 15 is 0 Å². The number of hydrogen-bond donors (Lipinski definition) is 1. The van der Waals surface area contributed by atoms with Crippen LogP contribution in [0.25, 0.3) is 0 Å². The molecule has 110 valence electrons. The highest BCUT2D eigenvalue weighted by atomic mass is 32.1. The van der Waals surface area contributed by atoms with Gasteiger partial charge in [0.25, 0.3) is 5.91 Å². The average Bonchev–Trinajstić information content (AvgIpc) is 3.06. The number of nitrogens with zero attached hydrogens (tertiary/aromatic N) is 2. The minimum Gasteiger partial charge on any atom is -0.454 e. The summed E-state index contributed by atoms with van der Waals surface area (Å²) in [7, 11) is 0. The molecule has 2 aromatic rings. The molecule has 1 aliphatic rings. The first-order valence-electron chi connectivity index (χ1n) is 6.65. The Bertz CT molecular complexity index is 669. The van der Waals surface area contributed by atoms with Crippen LogP contribution in [0.5, 0.6) is 11.5 Å². The fraction of sp³-hybridized carbons (Fsp3) is 0.357. The first-order chi connectivity index (χ1) is 10.1. The Balaban J connectivity index is 1.70. The lowest BCUT2D eigenvalue weighted by atomic mass is 10.1. The second-order valence-electron chi connectivity index (χ2n) is 5.12. The van der Waals surface area contributed by atoms with E-state index < -0.39 is 0 Å². The number of rotatable bonds is 4. The first kappa shape index (κ1) is 13.8. The summed E-state index contributed by atoms with van der Waals surface area (Å²) in [6, 6.07) is 5.08. The van der Waals surface area contributed by atoms with Crippen LogP contribution in [0, 0.1) is 5.92 Å². The maximum absolute atomic E-state index is 12.2. The third kappa shape index (κ3) is 3.13. The molecule has 0 radical (unpaired) electrons. The number of carbonyl (C=O) groups is 1. The molecule has 0 aliphatic carbocycles. The maximum Gasteiger partial charge on any atom is 0.257 e. The Morgan fingerprint density at radius 1 is 1.33 bits per heavy atom. The molecule has 1 aromatic heterocycles. The SMILES string of the molecule is CC(C)Cc1nnc(NC(=O)c2ccc3c(c2)OCO3)s1. The molecule has 21 heavy (non-hydrogen) atoms. The van der Waals surface area contributed by atoms with Gasteiger partial charge in [-0.3, -0.25) is 10.1 Å². The van der Waals surface area contributed by atoms with Gasteiger partial charge in [0.15, 0.2) is 11.5 Å². The van der Waals surface area contributed by atoms with Crippen LogP contribution < -0.4 is 14.8 Å². The third-order valence-corrected chi connectivity index (χ3v) is 3.77. The van der Waals surface area contributed by atoms with E-state index in [9.17, 15) is 4.79 Å². The Hall–Kier alpha value is -2.15. The van der Waals surface area contributed by atoms with E-state index in [2.05, 4.69) is 29.4 Å². The molecule has 1 amide bonds. The van der Waals surface area contributed by atoms with Crippen molar-refractivity contribution in [3.05, 3.63) is 28.8 Å². The summed E-state index contributed by atoms with van der Waals surface area (Å²) in [5.41, 5.74) is 0.500. The van der Waals surface area contributed by atoms with Crippen LogP contribution in [0.3, 0.4) is 0 Å². The van der Waals surface area contributed by atoms with Gasteiger partial charge in [-0.2, -0.15) is 0 Å². The molecule has 1 aromatic carbocycles.